The number of rotatable bonds is 10. The van der Waals surface area contributed by atoms with Gasteiger partial charge in [-0.15, -0.1) is 0 Å². The van der Waals surface area contributed by atoms with Crippen LogP contribution in [0.1, 0.15) is 32.3 Å². The van der Waals surface area contributed by atoms with Gasteiger partial charge in [0.2, 0.25) is 0 Å². The standard InChI is InChI=1S/C15H25NO3/c1-3-10-19-14-7-6-13(11-15(14)18-4-2)12-16-8-5-9-17/h6-7,11,16-17H,3-5,8-10,12H2,1-2H3. The van der Waals surface area contributed by atoms with Crippen molar-refractivity contribution in [3.05, 3.63) is 23.8 Å². The van der Waals surface area contributed by atoms with Crippen molar-refractivity contribution in [3.8, 4) is 11.5 Å². The molecule has 0 atom stereocenters. The molecule has 1 aromatic carbocycles. The molecule has 0 saturated carbocycles. The zero-order chi connectivity index (χ0) is 13.9. The van der Waals surface area contributed by atoms with Crippen LogP contribution < -0.4 is 14.8 Å². The van der Waals surface area contributed by atoms with Crippen LogP contribution in [0, 0.1) is 0 Å². The molecule has 0 fully saturated rings. The van der Waals surface area contributed by atoms with Crippen molar-refractivity contribution in [1.29, 1.82) is 0 Å². The molecule has 0 saturated heterocycles. The van der Waals surface area contributed by atoms with Gasteiger partial charge in [-0.05, 0) is 44.0 Å². The first-order valence-electron chi connectivity index (χ1n) is 7.01. The molecule has 0 heterocycles. The molecule has 0 amide bonds. The molecule has 0 aromatic heterocycles. The molecule has 19 heavy (non-hydrogen) atoms. The van der Waals surface area contributed by atoms with E-state index in [0.29, 0.717) is 13.2 Å². The first kappa shape index (κ1) is 15.8. The average Bonchev–Trinajstić information content (AvgIpc) is 2.43. The summed E-state index contributed by atoms with van der Waals surface area (Å²) in [5.41, 5.74) is 1.16. The number of ether oxygens (including phenoxy) is 2. The molecule has 0 radical (unpaired) electrons. The third-order valence-corrected chi connectivity index (χ3v) is 2.61. The highest BCUT2D eigenvalue weighted by atomic mass is 16.5. The molecular weight excluding hydrogens is 242 g/mol. The molecule has 1 rings (SSSR count). The van der Waals surface area contributed by atoms with Crippen molar-refractivity contribution in [2.75, 3.05) is 26.4 Å². The zero-order valence-electron chi connectivity index (χ0n) is 11.9. The second kappa shape index (κ2) is 9.64. The Balaban J connectivity index is 2.60. The molecule has 0 aliphatic carbocycles. The quantitative estimate of drug-likeness (QED) is 0.639. The molecule has 0 unspecified atom stereocenters. The Morgan fingerprint density at radius 1 is 1.16 bits per heavy atom. The van der Waals surface area contributed by atoms with Crippen molar-refractivity contribution in [2.45, 2.75) is 33.2 Å². The smallest absolute Gasteiger partial charge is 0.161 e. The van der Waals surface area contributed by atoms with Crippen LogP contribution in [0.25, 0.3) is 0 Å². The summed E-state index contributed by atoms with van der Waals surface area (Å²) in [5, 5.41) is 12.0. The van der Waals surface area contributed by atoms with Gasteiger partial charge in [0.05, 0.1) is 13.2 Å². The summed E-state index contributed by atoms with van der Waals surface area (Å²) in [6.45, 7) is 7.19. The molecule has 0 aliphatic heterocycles. The molecule has 1 aromatic rings. The van der Waals surface area contributed by atoms with Crippen molar-refractivity contribution >= 4 is 0 Å². The average molecular weight is 267 g/mol. The maximum Gasteiger partial charge on any atom is 0.161 e. The molecule has 0 spiro atoms. The Hall–Kier alpha value is -1.26. The largest absolute Gasteiger partial charge is 0.490 e. The molecule has 0 bridgehead atoms. The number of aliphatic hydroxyl groups is 1. The van der Waals surface area contributed by atoms with E-state index in [-0.39, 0.29) is 6.61 Å². The highest BCUT2D eigenvalue weighted by molar-refractivity contribution is 5.43. The Morgan fingerprint density at radius 3 is 2.68 bits per heavy atom. The SMILES string of the molecule is CCCOc1ccc(CNCCCO)cc1OCC. The van der Waals surface area contributed by atoms with Crippen molar-refractivity contribution in [3.63, 3.8) is 0 Å². The van der Waals surface area contributed by atoms with Crippen molar-refractivity contribution in [1.82, 2.24) is 5.32 Å². The summed E-state index contributed by atoms with van der Waals surface area (Å²) in [6, 6.07) is 6.02. The highest BCUT2D eigenvalue weighted by Gasteiger charge is 2.06. The first-order valence-corrected chi connectivity index (χ1v) is 7.01. The topological polar surface area (TPSA) is 50.7 Å². The second-order valence-electron chi connectivity index (χ2n) is 4.32. The predicted molar refractivity (Wildman–Crippen MR) is 76.8 cm³/mol. The normalized spacial score (nSPS) is 10.5. The van der Waals surface area contributed by atoms with E-state index in [4.69, 9.17) is 14.6 Å². The van der Waals surface area contributed by atoms with Gasteiger partial charge in [0.1, 0.15) is 0 Å². The maximum atomic E-state index is 8.72. The summed E-state index contributed by atoms with van der Waals surface area (Å²) in [6.07, 6.45) is 1.76. The zero-order valence-corrected chi connectivity index (χ0v) is 11.9. The number of benzene rings is 1. The van der Waals surface area contributed by atoms with Crippen LogP contribution in [0.3, 0.4) is 0 Å². The van der Waals surface area contributed by atoms with Gasteiger partial charge in [0.15, 0.2) is 11.5 Å². The monoisotopic (exact) mass is 267 g/mol. The second-order valence-corrected chi connectivity index (χ2v) is 4.32. The van der Waals surface area contributed by atoms with E-state index in [1.807, 2.05) is 25.1 Å². The van der Waals surface area contributed by atoms with Gasteiger partial charge in [0, 0.05) is 13.2 Å². The van der Waals surface area contributed by atoms with Crippen LogP contribution in [0.2, 0.25) is 0 Å². The van der Waals surface area contributed by atoms with Crippen LogP contribution in [0.15, 0.2) is 18.2 Å². The predicted octanol–water partition coefficient (Wildman–Crippen LogP) is 2.35. The Bertz CT molecular complexity index is 355. The van der Waals surface area contributed by atoms with E-state index in [0.717, 1.165) is 43.0 Å². The maximum absolute atomic E-state index is 8.72. The van der Waals surface area contributed by atoms with Crippen LogP contribution in [0.4, 0.5) is 0 Å². The summed E-state index contributed by atoms with van der Waals surface area (Å²) in [4.78, 5) is 0. The Labute approximate surface area is 115 Å². The minimum absolute atomic E-state index is 0.223. The Morgan fingerprint density at radius 2 is 2.00 bits per heavy atom. The van der Waals surface area contributed by atoms with E-state index >= 15 is 0 Å². The van der Waals surface area contributed by atoms with Crippen LogP contribution in [0.5, 0.6) is 11.5 Å². The summed E-state index contributed by atoms with van der Waals surface area (Å²) >= 11 is 0. The van der Waals surface area contributed by atoms with E-state index in [1.54, 1.807) is 0 Å². The van der Waals surface area contributed by atoms with Crippen molar-refractivity contribution < 1.29 is 14.6 Å². The van der Waals surface area contributed by atoms with E-state index < -0.39 is 0 Å². The van der Waals surface area contributed by atoms with E-state index in [1.165, 1.54) is 0 Å². The van der Waals surface area contributed by atoms with Gasteiger partial charge < -0.3 is 19.9 Å². The van der Waals surface area contributed by atoms with Crippen LogP contribution >= 0.6 is 0 Å². The summed E-state index contributed by atoms with van der Waals surface area (Å²) < 4.78 is 11.3. The minimum atomic E-state index is 0.223. The van der Waals surface area contributed by atoms with Gasteiger partial charge in [-0.25, -0.2) is 0 Å². The number of hydrogen-bond acceptors (Lipinski definition) is 4. The van der Waals surface area contributed by atoms with Gasteiger partial charge in [-0.1, -0.05) is 13.0 Å². The first-order chi connectivity index (χ1) is 9.31. The molecule has 4 nitrogen and oxygen atoms in total. The third-order valence-electron chi connectivity index (χ3n) is 2.61. The lowest BCUT2D eigenvalue weighted by atomic mass is 10.2. The summed E-state index contributed by atoms with van der Waals surface area (Å²) in [7, 11) is 0. The van der Waals surface area contributed by atoms with Gasteiger partial charge in [-0.2, -0.15) is 0 Å². The fourth-order valence-corrected chi connectivity index (χ4v) is 1.70. The fraction of sp³-hybridized carbons (Fsp3) is 0.600. The number of aliphatic hydroxyl groups excluding tert-OH is 1. The fourth-order valence-electron chi connectivity index (χ4n) is 1.70. The minimum Gasteiger partial charge on any atom is -0.490 e. The molecular formula is C15H25NO3. The number of hydrogen-bond donors (Lipinski definition) is 2. The van der Waals surface area contributed by atoms with Crippen molar-refractivity contribution in [2.24, 2.45) is 0 Å². The molecule has 0 aliphatic rings. The van der Waals surface area contributed by atoms with Crippen LogP contribution in [-0.4, -0.2) is 31.5 Å². The van der Waals surface area contributed by atoms with E-state index in [9.17, 15) is 0 Å². The molecule has 2 N–H and O–H groups in total. The lowest BCUT2D eigenvalue weighted by molar-refractivity contribution is 0.276. The third kappa shape index (κ3) is 5.94. The van der Waals surface area contributed by atoms with Crippen LogP contribution in [-0.2, 0) is 6.54 Å². The van der Waals surface area contributed by atoms with Gasteiger partial charge >= 0.3 is 0 Å². The Kier molecular flexibility index (Phi) is 8.02. The lowest BCUT2D eigenvalue weighted by Gasteiger charge is -2.13. The lowest BCUT2D eigenvalue weighted by Crippen LogP contribution is -2.15. The highest BCUT2D eigenvalue weighted by Crippen LogP contribution is 2.28. The molecule has 4 heteroatoms. The summed E-state index contributed by atoms with van der Waals surface area (Å²) in [5.74, 6) is 1.61. The van der Waals surface area contributed by atoms with Gasteiger partial charge in [0.25, 0.3) is 0 Å². The molecule has 108 valence electrons. The van der Waals surface area contributed by atoms with Gasteiger partial charge in [-0.3, -0.25) is 0 Å². The number of nitrogens with one attached hydrogen (secondary N) is 1. The van der Waals surface area contributed by atoms with E-state index in [2.05, 4.69) is 12.2 Å².